The number of alkyl halides is 3. The van der Waals surface area contributed by atoms with Crippen LogP contribution in [0.4, 0.5) is 17.6 Å². The second kappa shape index (κ2) is 6.75. The van der Waals surface area contributed by atoms with E-state index in [1.54, 1.807) is 0 Å². The average molecular weight is 304 g/mol. The lowest BCUT2D eigenvalue weighted by molar-refractivity contribution is -0.140. The van der Waals surface area contributed by atoms with Crippen molar-refractivity contribution in [2.45, 2.75) is 25.6 Å². The SMILES string of the molecule is CN(Cc1ccc(F)c(C(F)(F)F)c1)CC1CCNCC1. The van der Waals surface area contributed by atoms with Gasteiger partial charge in [0.1, 0.15) is 5.82 Å². The Kier molecular flexibility index (Phi) is 5.22. The molecule has 0 saturated carbocycles. The van der Waals surface area contributed by atoms with Gasteiger partial charge >= 0.3 is 6.18 Å². The van der Waals surface area contributed by atoms with Gasteiger partial charge in [0.15, 0.2) is 0 Å². The summed E-state index contributed by atoms with van der Waals surface area (Å²) in [6, 6.07) is 3.23. The number of nitrogens with one attached hydrogen (secondary N) is 1. The van der Waals surface area contributed by atoms with Crippen molar-refractivity contribution in [1.82, 2.24) is 10.2 Å². The van der Waals surface area contributed by atoms with Crippen LogP contribution in [0.1, 0.15) is 24.0 Å². The second-order valence-corrected chi connectivity index (χ2v) is 5.70. The largest absolute Gasteiger partial charge is 0.419 e. The van der Waals surface area contributed by atoms with Gasteiger partial charge in [0.25, 0.3) is 0 Å². The van der Waals surface area contributed by atoms with Crippen LogP contribution in [-0.2, 0) is 12.7 Å². The lowest BCUT2D eigenvalue weighted by atomic mass is 9.97. The van der Waals surface area contributed by atoms with Gasteiger partial charge in [-0.05, 0) is 56.6 Å². The zero-order chi connectivity index (χ0) is 15.5. The van der Waals surface area contributed by atoms with Crippen molar-refractivity contribution in [3.63, 3.8) is 0 Å². The first-order chi connectivity index (χ1) is 9.86. The smallest absolute Gasteiger partial charge is 0.317 e. The predicted octanol–water partition coefficient (Wildman–Crippen LogP) is 3.28. The maximum Gasteiger partial charge on any atom is 0.419 e. The van der Waals surface area contributed by atoms with Gasteiger partial charge in [-0.1, -0.05) is 6.07 Å². The molecule has 0 spiro atoms. The van der Waals surface area contributed by atoms with Gasteiger partial charge in [0.2, 0.25) is 0 Å². The number of hydrogen-bond acceptors (Lipinski definition) is 2. The molecule has 1 aliphatic rings. The highest BCUT2D eigenvalue weighted by Crippen LogP contribution is 2.32. The molecule has 0 atom stereocenters. The van der Waals surface area contributed by atoms with Crippen LogP contribution in [0.3, 0.4) is 0 Å². The van der Waals surface area contributed by atoms with E-state index >= 15 is 0 Å². The minimum absolute atomic E-state index is 0.396. The topological polar surface area (TPSA) is 15.3 Å². The van der Waals surface area contributed by atoms with Crippen LogP contribution in [0.15, 0.2) is 18.2 Å². The monoisotopic (exact) mass is 304 g/mol. The minimum atomic E-state index is -4.65. The Morgan fingerprint density at radius 3 is 2.52 bits per heavy atom. The Labute approximate surface area is 122 Å². The fourth-order valence-corrected chi connectivity index (χ4v) is 2.77. The summed E-state index contributed by atoms with van der Waals surface area (Å²) in [5.41, 5.74) is -0.699. The van der Waals surface area contributed by atoms with Crippen LogP contribution in [0.25, 0.3) is 0 Å². The molecule has 0 aliphatic carbocycles. The lowest BCUT2D eigenvalue weighted by Gasteiger charge is -2.27. The first-order valence-corrected chi connectivity index (χ1v) is 7.11. The summed E-state index contributed by atoms with van der Waals surface area (Å²) in [6.45, 7) is 3.23. The highest BCUT2D eigenvalue weighted by atomic mass is 19.4. The molecule has 2 nitrogen and oxygen atoms in total. The van der Waals surface area contributed by atoms with Crippen molar-refractivity contribution in [2.24, 2.45) is 5.92 Å². The number of piperidine rings is 1. The molecule has 1 heterocycles. The Morgan fingerprint density at radius 1 is 1.24 bits per heavy atom. The van der Waals surface area contributed by atoms with Crippen LogP contribution >= 0.6 is 0 Å². The summed E-state index contributed by atoms with van der Waals surface area (Å²) >= 11 is 0. The fourth-order valence-electron chi connectivity index (χ4n) is 2.77. The van der Waals surface area contributed by atoms with E-state index in [2.05, 4.69) is 5.32 Å². The first-order valence-electron chi connectivity index (χ1n) is 7.11. The molecule has 1 aromatic rings. The molecule has 0 amide bonds. The van der Waals surface area contributed by atoms with Gasteiger partial charge in [0.05, 0.1) is 5.56 Å². The zero-order valence-electron chi connectivity index (χ0n) is 12.0. The molecule has 1 fully saturated rings. The number of hydrogen-bond donors (Lipinski definition) is 1. The highest BCUT2D eigenvalue weighted by Gasteiger charge is 2.34. The van der Waals surface area contributed by atoms with Gasteiger partial charge in [-0.3, -0.25) is 0 Å². The number of rotatable bonds is 4. The molecule has 0 aromatic heterocycles. The van der Waals surface area contributed by atoms with Crippen molar-refractivity contribution in [2.75, 3.05) is 26.7 Å². The third kappa shape index (κ3) is 4.68. The fraction of sp³-hybridized carbons (Fsp3) is 0.600. The standard InChI is InChI=1S/C15H20F4N2/c1-21(9-11-4-6-20-7-5-11)10-12-2-3-14(16)13(8-12)15(17,18)19/h2-3,8,11,20H,4-7,9-10H2,1H3. The van der Waals surface area contributed by atoms with E-state index in [1.807, 2.05) is 11.9 Å². The molecular formula is C15H20F4N2. The van der Waals surface area contributed by atoms with Crippen molar-refractivity contribution in [3.8, 4) is 0 Å². The molecule has 6 heteroatoms. The maximum absolute atomic E-state index is 13.2. The Bertz CT molecular complexity index is 467. The molecule has 0 unspecified atom stereocenters. The molecule has 118 valence electrons. The third-order valence-electron chi connectivity index (χ3n) is 3.82. The van der Waals surface area contributed by atoms with Crippen molar-refractivity contribution >= 4 is 0 Å². The quantitative estimate of drug-likeness (QED) is 0.859. The summed E-state index contributed by atoms with van der Waals surface area (Å²) in [5, 5.41) is 3.28. The Morgan fingerprint density at radius 2 is 1.90 bits per heavy atom. The van der Waals surface area contributed by atoms with Gasteiger partial charge in [-0.25, -0.2) is 4.39 Å². The summed E-state index contributed by atoms with van der Waals surface area (Å²) in [5.74, 6) is -0.647. The Hall–Kier alpha value is -1.14. The molecule has 1 N–H and O–H groups in total. The molecule has 0 bridgehead atoms. The number of benzene rings is 1. The van der Waals surface area contributed by atoms with Crippen LogP contribution in [0, 0.1) is 11.7 Å². The second-order valence-electron chi connectivity index (χ2n) is 5.70. The zero-order valence-corrected chi connectivity index (χ0v) is 12.0. The lowest BCUT2D eigenvalue weighted by Crippen LogP contribution is -2.34. The van der Waals surface area contributed by atoms with Crippen molar-refractivity contribution < 1.29 is 17.6 Å². The Balaban J connectivity index is 1.98. The summed E-state index contributed by atoms with van der Waals surface area (Å²) < 4.78 is 51.3. The molecular weight excluding hydrogens is 284 g/mol. The summed E-state index contributed by atoms with van der Waals surface area (Å²) in [4.78, 5) is 2.00. The van der Waals surface area contributed by atoms with Gasteiger partial charge in [-0.2, -0.15) is 13.2 Å². The van der Waals surface area contributed by atoms with Gasteiger partial charge in [-0.15, -0.1) is 0 Å². The summed E-state index contributed by atoms with van der Waals surface area (Å²) in [6.07, 6.45) is -2.48. The molecule has 1 aromatic carbocycles. The summed E-state index contributed by atoms with van der Waals surface area (Å²) in [7, 11) is 1.89. The molecule has 2 rings (SSSR count). The highest BCUT2D eigenvalue weighted by molar-refractivity contribution is 5.27. The van der Waals surface area contributed by atoms with Gasteiger partial charge in [0, 0.05) is 13.1 Å². The van der Waals surface area contributed by atoms with E-state index in [-0.39, 0.29) is 0 Å². The normalized spacial score (nSPS) is 17.4. The molecule has 21 heavy (non-hydrogen) atoms. The first kappa shape index (κ1) is 16.2. The predicted molar refractivity (Wildman–Crippen MR) is 73.3 cm³/mol. The van der Waals surface area contributed by atoms with Crippen LogP contribution in [0.5, 0.6) is 0 Å². The molecule has 1 aliphatic heterocycles. The van der Waals surface area contributed by atoms with Crippen molar-refractivity contribution in [1.29, 1.82) is 0 Å². The number of halogens is 4. The van der Waals surface area contributed by atoms with E-state index in [1.165, 1.54) is 6.07 Å². The van der Waals surface area contributed by atoms with E-state index in [4.69, 9.17) is 0 Å². The van der Waals surface area contributed by atoms with Gasteiger partial charge < -0.3 is 10.2 Å². The van der Waals surface area contributed by atoms with Crippen LogP contribution in [0.2, 0.25) is 0 Å². The maximum atomic E-state index is 13.2. The van der Waals surface area contributed by atoms with E-state index in [9.17, 15) is 17.6 Å². The number of nitrogens with zero attached hydrogens (tertiary/aromatic N) is 1. The van der Waals surface area contributed by atoms with E-state index in [0.717, 1.165) is 44.6 Å². The third-order valence-corrected chi connectivity index (χ3v) is 3.82. The van der Waals surface area contributed by atoms with Crippen LogP contribution in [-0.4, -0.2) is 31.6 Å². The van der Waals surface area contributed by atoms with Crippen molar-refractivity contribution in [3.05, 3.63) is 35.1 Å². The van der Waals surface area contributed by atoms with E-state index < -0.39 is 17.6 Å². The van der Waals surface area contributed by atoms with E-state index in [0.29, 0.717) is 18.0 Å². The average Bonchev–Trinajstić information content (AvgIpc) is 2.41. The minimum Gasteiger partial charge on any atom is -0.317 e. The molecule has 0 radical (unpaired) electrons. The molecule has 1 saturated heterocycles. The van der Waals surface area contributed by atoms with Crippen LogP contribution < -0.4 is 5.32 Å².